The average Bonchev–Trinajstić information content (AvgIpc) is 2.39. The number of rotatable bonds is 4. The minimum absolute atomic E-state index is 0.00244. The number of nitro benzene ring substituents is 1. The van der Waals surface area contributed by atoms with Gasteiger partial charge in [-0.25, -0.2) is 8.78 Å². The van der Waals surface area contributed by atoms with Crippen LogP contribution in [-0.2, 0) is 12.8 Å². The Labute approximate surface area is 112 Å². The molecule has 7 heteroatoms. The molecule has 2 aromatic rings. The Bertz CT molecular complexity index is 662. The second kappa shape index (κ2) is 5.68. The van der Waals surface area contributed by atoms with E-state index in [-0.39, 0.29) is 18.4 Å². The van der Waals surface area contributed by atoms with Gasteiger partial charge in [-0.15, -0.1) is 0 Å². The van der Waals surface area contributed by atoms with E-state index in [4.69, 9.17) is 0 Å². The van der Waals surface area contributed by atoms with Crippen molar-refractivity contribution < 1.29 is 18.1 Å². The van der Waals surface area contributed by atoms with Gasteiger partial charge in [0.15, 0.2) is 0 Å². The van der Waals surface area contributed by atoms with Crippen LogP contribution in [0.1, 0.15) is 11.1 Å². The number of benzene rings is 1. The minimum Gasteiger partial charge on any atom is -0.261 e. The van der Waals surface area contributed by atoms with E-state index in [1.165, 1.54) is 12.3 Å². The zero-order valence-corrected chi connectivity index (χ0v) is 10.1. The first-order valence-electron chi connectivity index (χ1n) is 5.69. The van der Waals surface area contributed by atoms with Gasteiger partial charge >= 0.3 is 5.69 Å². The number of halogens is 3. The first-order valence-corrected chi connectivity index (χ1v) is 5.69. The Morgan fingerprint density at radius 2 is 1.80 bits per heavy atom. The van der Waals surface area contributed by atoms with Crippen molar-refractivity contribution in [3.63, 3.8) is 0 Å². The molecule has 0 atom stereocenters. The van der Waals surface area contributed by atoms with E-state index in [1.54, 1.807) is 0 Å². The second-order valence-electron chi connectivity index (χ2n) is 4.16. The normalized spacial score (nSPS) is 10.6. The lowest BCUT2D eigenvalue weighted by Gasteiger charge is -2.04. The molecule has 0 fully saturated rings. The first kappa shape index (κ1) is 14.0. The number of pyridine rings is 1. The molecule has 0 amide bonds. The molecule has 2 rings (SSSR count). The number of aromatic nitrogens is 1. The average molecular weight is 282 g/mol. The number of nitro groups is 1. The van der Waals surface area contributed by atoms with E-state index in [0.717, 1.165) is 12.3 Å². The molecule has 0 saturated heterocycles. The molecule has 0 N–H and O–H groups in total. The van der Waals surface area contributed by atoms with Crippen LogP contribution in [0.3, 0.4) is 0 Å². The Balaban J connectivity index is 2.18. The summed E-state index contributed by atoms with van der Waals surface area (Å²) in [4.78, 5) is 13.1. The lowest BCUT2D eigenvalue weighted by Crippen LogP contribution is -2.00. The first-order chi connectivity index (χ1) is 9.47. The number of nitrogens with zero attached hydrogens (tertiary/aromatic N) is 2. The standard InChI is InChI=1S/C13H9F3N2O2/c14-10-3-8(6-17-7-10)1-2-9-4-12(16)13(18(19)20)5-11(9)15/h3-7H,1-2H2. The van der Waals surface area contributed by atoms with Crippen molar-refractivity contribution in [3.05, 3.63) is 69.3 Å². The van der Waals surface area contributed by atoms with Crippen LogP contribution in [0.25, 0.3) is 0 Å². The summed E-state index contributed by atoms with van der Waals surface area (Å²) in [5.41, 5.74) is -0.376. The third-order valence-corrected chi connectivity index (χ3v) is 2.76. The predicted octanol–water partition coefficient (Wildman–Crippen LogP) is 3.19. The Morgan fingerprint density at radius 1 is 1.05 bits per heavy atom. The van der Waals surface area contributed by atoms with E-state index < -0.39 is 28.1 Å². The van der Waals surface area contributed by atoms with E-state index >= 15 is 0 Å². The van der Waals surface area contributed by atoms with Gasteiger partial charge < -0.3 is 0 Å². The van der Waals surface area contributed by atoms with Crippen molar-refractivity contribution >= 4 is 5.69 Å². The van der Waals surface area contributed by atoms with E-state index in [0.29, 0.717) is 11.6 Å². The minimum atomic E-state index is -1.09. The summed E-state index contributed by atoms with van der Waals surface area (Å²) in [6, 6.07) is 2.58. The largest absolute Gasteiger partial charge is 0.307 e. The fourth-order valence-corrected chi connectivity index (χ4v) is 1.78. The lowest BCUT2D eigenvalue weighted by molar-refractivity contribution is -0.387. The molecular weight excluding hydrogens is 273 g/mol. The molecule has 1 aromatic heterocycles. The molecule has 0 radical (unpaired) electrons. The van der Waals surface area contributed by atoms with Crippen molar-refractivity contribution in [2.45, 2.75) is 12.8 Å². The highest BCUT2D eigenvalue weighted by Gasteiger charge is 2.18. The molecule has 0 bridgehead atoms. The smallest absolute Gasteiger partial charge is 0.261 e. The molecular formula is C13H9F3N2O2. The van der Waals surface area contributed by atoms with Crippen LogP contribution < -0.4 is 0 Å². The van der Waals surface area contributed by atoms with Crippen molar-refractivity contribution in [2.24, 2.45) is 0 Å². The summed E-state index contributed by atoms with van der Waals surface area (Å²) in [6.45, 7) is 0. The zero-order valence-electron chi connectivity index (χ0n) is 10.1. The highest BCUT2D eigenvalue weighted by Crippen LogP contribution is 2.22. The number of aryl methyl sites for hydroxylation is 2. The third kappa shape index (κ3) is 3.11. The van der Waals surface area contributed by atoms with Crippen molar-refractivity contribution in [2.75, 3.05) is 0 Å². The highest BCUT2D eigenvalue weighted by atomic mass is 19.1. The summed E-state index contributed by atoms with van der Waals surface area (Å²) in [7, 11) is 0. The Hall–Kier alpha value is -2.44. The lowest BCUT2D eigenvalue weighted by atomic mass is 10.0. The number of hydrogen-bond donors (Lipinski definition) is 0. The van der Waals surface area contributed by atoms with Crippen LogP contribution in [0.4, 0.5) is 18.9 Å². The van der Waals surface area contributed by atoms with E-state index in [1.807, 2.05) is 0 Å². The summed E-state index contributed by atoms with van der Waals surface area (Å²) in [5, 5.41) is 10.5. The molecule has 0 saturated carbocycles. The molecule has 1 heterocycles. The zero-order chi connectivity index (χ0) is 14.7. The molecule has 0 aliphatic heterocycles. The molecule has 4 nitrogen and oxygen atoms in total. The van der Waals surface area contributed by atoms with Gasteiger partial charge in [0.25, 0.3) is 0 Å². The highest BCUT2D eigenvalue weighted by molar-refractivity contribution is 5.36. The Morgan fingerprint density at radius 3 is 2.45 bits per heavy atom. The van der Waals surface area contributed by atoms with Crippen molar-refractivity contribution in [1.82, 2.24) is 4.98 Å². The van der Waals surface area contributed by atoms with Crippen LogP contribution in [0.2, 0.25) is 0 Å². The summed E-state index contributed by atoms with van der Waals surface area (Å²) in [6.07, 6.45) is 2.79. The maximum absolute atomic E-state index is 13.6. The fourth-order valence-electron chi connectivity index (χ4n) is 1.78. The van der Waals surface area contributed by atoms with E-state index in [2.05, 4.69) is 4.98 Å². The monoisotopic (exact) mass is 282 g/mol. The van der Waals surface area contributed by atoms with Crippen molar-refractivity contribution in [3.8, 4) is 0 Å². The van der Waals surface area contributed by atoms with Crippen LogP contribution in [0.5, 0.6) is 0 Å². The fraction of sp³-hybridized carbons (Fsp3) is 0.154. The molecule has 0 unspecified atom stereocenters. The van der Waals surface area contributed by atoms with Gasteiger partial charge in [-0.05, 0) is 36.1 Å². The topological polar surface area (TPSA) is 56.0 Å². The quantitative estimate of drug-likeness (QED) is 0.639. The summed E-state index contributed by atoms with van der Waals surface area (Å²) < 4.78 is 39.9. The maximum Gasteiger partial charge on any atom is 0.307 e. The van der Waals surface area contributed by atoms with Crippen LogP contribution in [0.15, 0.2) is 30.6 Å². The summed E-state index contributed by atoms with van der Waals surface area (Å²) in [5.74, 6) is -2.47. The van der Waals surface area contributed by atoms with Crippen LogP contribution in [0, 0.1) is 27.6 Å². The molecule has 0 aliphatic carbocycles. The molecule has 1 aromatic carbocycles. The Kier molecular flexibility index (Phi) is 3.97. The van der Waals surface area contributed by atoms with Gasteiger partial charge in [0.05, 0.1) is 17.2 Å². The number of hydrogen-bond acceptors (Lipinski definition) is 3. The second-order valence-corrected chi connectivity index (χ2v) is 4.16. The van der Waals surface area contributed by atoms with Crippen LogP contribution >= 0.6 is 0 Å². The van der Waals surface area contributed by atoms with Gasteiger partial charge in [0.1, 0.15) is 11.6 Å². The SMILES string of the molecule is O=[N+]([O-])c1cc(F)c(CCc2cncc(F)c2)cc1F. The molecule has 0 spiro atoms. The predicted molar refractivity (Wildman–Crippen MR) is 64.6 cm³/mol. The molecule has 104 valence electrons. The molecule has 20 heavy (non-hydrogen) atoms. The van der Waals surface area contributed by atoms with Gasteiger partial charge in [-0.3, -0.25) is 15.1 Å². The van der Waals surface area contributed by atoms with Gasteiger partial charge in [0, 0.05) is 6.20 Å². The van der Waals surface area contributed by atoms with Gasteiger partial charge in [-0.2, -0.15) is 4.39 Å². The van der Waals surface area contributed by atoms with Gasteiger partial charge in [-0.1, -0.05) is 0 Å². The van der Waals surface area contributed by atoms with E-state index in [9.17, 15) is 23.3 Å². The molecule has 0 aliphatic rings. The third-order valence-electron chi connectivity index (χ3n) is 2.76. The summed E-state index contributed by atoms with van der Waals surface area (Å²) >= 11 is 0. The van der Waals surface area contributed by atoms with Crippen LogP contribution in [-0.4, -0.2) is 9.91 Å². The van der Waals surface area contributed by atoms with Crippen molar-refractivity contribution in [1.29, 1.82) is 0 Å². The maximum atomic E-state index is 13.6. The van der Waals surface area contributed by atoms with Gasteiger partial charge in [0.2, 0.25) is 5.82 Å².